The largest absolute Gasteiger partial charge is 0.467 e. The van der Waals surface area contributed by atoms with Crippen molar-refractivity contribution in [1.82, 2.24) is 5.32 Å². The highest BCUT2D eigenvalue weighted by Crippen LogP contribution is 2.45. The van der Waals surface area contributed by atoms with Gasteiger partial charge in [0.05, 0.1) is 6.26 Å². The van der Waals surface area contributed by atoms with Crippen LogP contribution in [0, 0.1) is 0 Å². The number of nitrogens with one attached hydrogen (secondary N) is 1. The van der Waals surface area contributed by atoms with Crippen LogP contribution >= 0.6 is 0 Å². The average Bonchev–Trinajstić information content (AvgIpc) is 2.61. The molecule has 0 unspecified atom stereocenters. The van der Waals surface area contributed by atoms with Gasteiger partial charge in [-0.05, 0) is 25.0 Å². The van der Waals surface area contributed by atoms with E-state index in [0.29, 0.717) is 5.76 Å². The zero-order valence-electron chi connectivity index (χ0n) is 6.41. The van der Waals surface area contributed by atoms with E-state index < -0.39 is 11.6 Å². The summed E-state index contributed by atoms with van der Waals surface area (Å²) in [5, 5.41) is 11.0. The van der Waals surface area contributed by atoms with Crippen LogP contribution in [0.3, 0.4) is 0 Å². The van der Waals surface area contributed by atoms with Crippen LogP contribution in [0.1, 0.15) is 18.6 Å². The van der Waals surface area contributed by atoms with E-state index in [4.69, 9.17) is 9.52 Å². The highest BCUT2D eigenvalue weighted by molar-refractivity contribution is 5.66. The Morgan fingerprint density at radius 2 is 2.42 bits per heavy atom. The van der Waals surface area contributed by atoms with Gasteiger partial charge in [-0.25, -0.2) is 4.79 Å². The lowest BCUT2D eigenvalue weighted by molar-refractivity contribution is 0.186. The lowest BCUT2D eigenvalue weighted by Gasteiger charge is -2.10. The van der Waals surface area contributed by atoms with Gasteiger partial charge < -0.3 is 14.8 Å². The van der Waals surface area contributed by atoms with Crippen molar-refractivity contribution >= 4 is 6.09 Å². The van der Waals surface area contributed by atoms with E-state index >= 15 is 0 Å². The Labute approximate surface area is 69.2 Å². The zero-order chi connectivity index (χ0) is 8.60. The second kappa shape index (κ2) is 2.27. The molecule has 0 bridgehead atoms. The van der Waals surface area contributed by atoms with Crippen molar-refractivity contribution in [1.29, 1.82) is 0 Å². The van der Waals surface area contributed by atoms with Crippen LogP contribution in [-0.2, 0) is 5.54 Å². The van der Waals surface area contributed by atoms with Crippen molar-refractivity contribution in [3.63, 3.8) is 0 Å². The number of hydrogen-bond acceptors (Lipinski definition) is 2. The van der Waals surface area contributed by atoms with E-state index in [0.717, 1.165) is 12.8 Å². The quantitative estimate of drug-likeness (QED) is 0.702. The Morgan fingerprint density at radius 1 is 1.67 bits per heavy atom. The van der Waals surface area contributed by atoms with Crippen LogP contribution < -0.4 is 5.32 Å². The predicted molar refractivity (Wildman–Crippen MR) is 40.8 cm³/mol. The first kappa shape index (κ1) is 7.21. The number of hydrogen-bond donors (Lipinski definition) is 2. The first-order valence-electron chi connectivity index (χ1n) is 3.78. The van der Waals surface area contributed by atoms with Crippen LogP contribution in [0.5, 0.6) is 0 Å². The van der Waals surface area contributed by atoms with Crippen LogP contribution in [-0.4, -0.2) is 11.2 Å². The molecule has 4 heteroatoms. The molecule has 0 aromatic carbocycles. The number of amides is 1. The van der Waals surface area contributed by atoms with Crippen LogP contribution in [0.2, 0.25) is 0 Å². The van der Waals surface area contributed by atoms with Gasteiger partial charge in [-0.3, -0.25) is 0 Å². The van der Waals surface area contributed by atoms with Crippen LogP contribution in [0.4, 0.5) is 4.79 Å². The van der Waals surface area contributed by atoms with Gasteiger partial charge in [-0.2, -0.15) is 0 Å². The van der Waals surface area contributed by atoms with Gasteiger partial charge in [-0.15, -0.1) is 0 Å². The minimum Gasteiger partial charge on any atom is -0.467 e. The van der Waals surface area contributed by atoms with Crippen molar-refractivity contribution in [2.45, 2.75) is 18.4 Å². The lowest BCUT2D eigenvalue weighted by atomic mass is 10.2. The Balaban J connectivity index is 2.17. The molecule has 2 N–H and O–H groups in total. The maximum atomic E-state index is 10.4. The molecule has 0 aliphatic heterocycles. The topological polar surface area (TPSA) is 62.5 Å². The summed E-state index contributed by atoms with van der Waals surface area (Å²) in [5.74, 6) is 0.713. The summed E-state index contributed by atoms with van der Waals surface area (Å²) < 4.78 is 5.14. The summed E-state index contributed by atoms with van der Waals surface area (Å²) in [6.07, 6.45) is 2.21. The molecule has 1 amide bonds. The molecule has 64 valence electrons. The molecule has 1 aliphatic rings. The summed E-state index contributed by atoms with van der Waals surface area (Å²) in [6, 6.07) is 3.56. The maximum Gasteiger partial charge on any atom is 0.405 e. The molecule has 1 aromatic heterocycles. The summed E-state index contributed by atoms with van der Waals surface area (Å²) in [6.45, 7) is 0. The molecule has 1 aliphatic carbocycles. The van der Waals surface area contributed by atoms with E-state index in [2.05, 4.69) is 5.32 Å². The Kier molecular flexibility index (Phi) is 1.36. The number of carboxylic acid groups (broad SMARTS) is 1. The summed E-state index contributed by atoms with van der Waals surface area (Å²) >= 11 is 0. The normalized spacial score (nSPS) is 18.7. The van der Waals surface area contributed by atoms with E-state index in [-0.39, 0.29) is 0 Å². The molecule has 1 fully saturated rings. The fourth-order valence-electron chi connectivity index (χ4n) is 1.31. The van der Waals surface area contributed by atoms with E-state index in [9.17, 15) is 4.79 Å². The van der Waals surface area contributed by atoms with Gasteiger partial charge in [0.1, 0.15) is 11.3 Å². The average molecular weight is 167 g/mol. The van der Waals surface area contributed by atoms with Crippen LogP contribution in [0.25, 0.3) is 0 Å². The molecular weight excluding hydrogens is 158 g/mol. The van der Waals surface area contributed by atoms with Crippen LogP contribution in [0.15, 0.2) is 22.8 Å². The third-order valence-corrected chi connectivity index (χ3v) is 2.09. The molecule has 0 radical (unpaired) electrons. The molecule has 1 aromatic rings. The number of furan rings is 1. The molecule has 0 atom stereocenters. The molecule has 2 rings (SSSR count). The standard InChI is InChI=1S/C8H9NO3/c10-7(11)9-8(3-4-8)6-2-1-5-12-6/h1-2,5,9H,3-4H2,(H,10,11). The highest BCUT2D eigenvalue weighted by atomic mass is 16.4. The predicted octanol–water partition coefficient (Wildman–Crippen LogP) is 1.54. The van der Waals surface area contributed by atoms with E-state index in [1.165, 1.54) is 0 Å². The fourth-order valence-corrected chi connectivity index (χ4v) is 1.31. The minimum absolute atomic E-state index is 0.421. The van der Waals surface area contributed by atoms with Crippen molar-refractivity contribution in [2.75, 3.05) is 0 Å². The molecule has 0 spiro atoms. The minimum atomic E-state index is -0.996. The Morgan fingerprint density at radius 3 is 2.83 bits per heavy atom. The number of carbonyl (C=O) groups is 1. The van der Waals surface area contributed by atoms with Gasteiger partial charge in [0, 0.05) is 0 Å². The highest BCUT2D eigenvalue weighted by Gasteiger charge is 2.48. The fraction of sp³-hybridized carbons (Fsp3) is 0.375. The first-order valence-corrected chi connectivity index (χ1v) is 3.78. The second-order valence-electron chi connectivity index (χ2n) is 2.99. The third kappa shape index (κ3) is 1.05. The van der Waals surface area contributed by atoms with Crippen molar-refractivity contribution < 1.29 is 14.3 Å². The summed E-state index contributed by atoms with van der Waals surface area (Å²) in [4.78, 5) is 10.4. The van der Waals surface area contributed by atoms with Crippen molar-refractivity contribution in [2.24, 2.45) is 0 Å². The Hall–Kier alpha value is -1.45. The maximum absolute atomic E-state index is 10.4. The van der Waals surface area contributed by atoms with Gasteiger partial charge in [0.2, 0.25) is 0 Å². The summed E-state index contributed by atoms with van der Waals surface area (Å²) in [5.41, 5.74) is -0.421. The smallest absolute Gasteiger partial charge is 0.405 e. The number of rotatable bonds is 2. The van der Waals surface area contributed by atoms with Gasteiger partial charge in [0.25, 0.3) is 0 Å². The SMILES string of the molecule is O=C(O)NC1(c2ccco2)CC1. The first-order chi connectivity index (χ1) is 5.73. The van der Waals surface area contributed by atoms with E-state index in [1.54, 1.807) is 18.4 Å². The molecule has 0 saturated heterocycles. The molecule has 12 heavy (non-hydrogen) atoms. The summed E-state index contributed by atoms with van der Waals surface area (Å²) in [7, 11) is 0. The third-order valence-electron chi connectivity index (χ3n) is 2.09. The van der Waals surface area contributed by atoms with Gasteiger partial charge in [0.15, 0.2) is 0 Å². The molecule has 1 heterocycles. The zero-order valence-corrected chi connectivity index (χ0v) is 6.41. The lowest BCUT2D eigenvalue weighted by Crippen LogP contribution is -2.33. The molecule has 4 nitrogen and oxygen atoms in total. The molecule has 1 saturated carbocycles. The Bertz CT molecular complexity index is 287. The van der Waals surface area contributed by atoms with Crippen molar-refractivity contribution in [3.05, 3.63) is 24.2 Å². The molecular formula is C8H9NO3. The van der Waals surface area contributed by atoms with Gasteiger partial charge in [-0.1, -0.05) is 0 Å². The monoisotopic (exact) mass is 167 g/mol. The second-order valence-corrected chi connectivity index (χ2v) is 2.99. The van der Waals surface area contributed by atoms with Gasteiger partial charge >= 0.3 is 6.09 Å². The van der Waals surface area contributed by atoms with Crippen molar-refractivity contribution in [3.8, 4) is 0 Å². The van der Waals surface area contributed by atoms with E-state index in [1.807, 2.05) is 0 Å².